The Morgan fingerprint density at radius 3 is 2.29 bits per heavy atom. The molecule has 0 bridgehead atoms. The van der Waals surface area contributed by atoms with E-state index >= 15 is 0 Å². The van der Waals surface area contributed by atoms with Crippen molar-refractivity contribution >= 4 is 21.8 Å². The molecule has 8 heteroatoms. The van der Waals surface area contributed by atoms with Crippen molar-refractivity contribution in [2.75, 3.05) is 25.9 Å². The molecule has 1 aliphatic rings. The van der Waals surface area contributed by atoms with Gasteiger partial charge >= 0.3 is 11.8 Å². The summed E-state index contributed by atoms with van der Waals surface area (Å²) in [5.41, 5.74) is 4.79. The van der Waals surface area contributed by atoms with Crippen molar-refractivity contribution in [3.8, 4) is 0 Å². The molecule has 1 aliphatic heterocycles. The summed E-state index contributed by atoms with van der Waals surface area (Å²) in [5.74, 6) is -1.61. The third kappa shape index (κ3) is 4.31. The largest absolute Gasteiger partial charge is 0.361 e. The van der Waals surface area contributed by atoms with Gasteiger partial charge in [-0.05, 0) is 18.8 Å². The van der Waals surface area contributed by atoms with Crippen LogP contribution in [0.4, 0.5) is 0 Å². The van der Waals surface area contributed by atoms with E-state index in [2.05, 4.69) is 5.32 Å². The molecule has 98 valence electrons. The third-order valence-corrected chi connectivity index (χ3v) is 4.12. The first-order valence-electron chi connectivity index (χ1n) is 5.33. The normalized spacial score (nSPS) is 18.9. The van der Waals surface area contributed by atoms with Crippen LogP contribution in [0.1, 0.15) is 12.8 Å². The lowest BCUT2D eigenvalue weighted by atomic mass is 9.98. The highest BCUT2D eigenvalue weighted by molar-refractivity contribution is 7.88. The molecule has 1 fully saturated rings. The van der Waals surface area contributed by atoms with Gasteiger partial charge in [0.1, 0.15) is 0 Å². The second-order valence-corrected chi connectivity index (χ2v) is 6.16. The van der Waals surface area contributed by atoms with E-state index in [1.807, 2.05) is 0 Å². The molecule has 1 saturated heterocycles. The molecular formula is C9H17N3O4S. The number of piperidine rings is 1. The van der Waals surface area contributed by atoms with Crippen molar-refractivity contribution < 1.29 is 18.0 Å². The average molecular weight is 263 g/mol. The van der Waals surface area contributed by atoms with E-state index in [0.717, 1.165) is 0 Å². The van der Waals surface area contributed by atoms with Crippen LogP contribution in [-0.4, -0.2) is 50.4 Å². The predicted octanol–water partition coefficient (Wildman–Crippen LogP) is -1.74. The number of rotatable bonds is 3. The van der Waals surface area contributed by atoms with Crippen LogP contribution in [-0.2, 0) is 19.6 Å². The van der Waals surface area contributed by atoms with Gasteiger partial charge in [-0.1, -0.05) is 0 Å². The number of nitrogens with zero attached hydrogens (tertiary/aromatic N) is 1. The van der Waals surface area contributed by atoms with Crippen LogP contribution in [0.25, 0.3) is 0 Å². The van der Waals surface area contributed by atoms with Crippen molar-refractivity contribution in [3.63, 3.8) is 0 Å². The van der Waals surface area contributed by atoms with Crippen molar-refractivity contribution in [2.24, 2.45) is 11.7 Å². The summed E-state index contributed by atoms with van der Waals surface area (Å²) in [6.07, 6.45) is 2.53. The van der Waals surface area contributed by atoms with E-state index in [0.29, 0.717) is 32.5 Å². The smallest absolute Gasteiger partial charge is 0.309 e. The van der Waals surface area contributed by atoms with Crippen LogP contribution < -0.4 is 11.1 Å². The molecule has 0 aliphatic carbocycles. The van der Waals surface area contributed by atoms with Gasteiger partial charge in [-0.25, -0.2) is 12.7 Å². The molecule has 1 rings (SSSR count). The summed E-state index contributed by atoms with van der Waals surface area (Å²) in [6, 6.07) is 0. The number of carbonyl (C=O) groups excluding carboxylic acids is 2. The number of hydrogen-bond acceptors (Lipinski definition) is 4. The molecule has 2 amide bonds. The Balaban J connectivity index is 2.33. The monoisotopic (exact) mass is 263 g/mol. The minimum absolute atomic E-state index is 0.191. The fourth-order valence-electron chi connectivity index (χ4n) is 1.77. The maximum atomic E-state index is 11.2. The highest BCUT2D eigenvalue weighted by Crippen LogP contribution is 2.18. The zero-order chi connectivity index (χ0) is 13.1. The van der Waals surface area contributed by atoms with Gasteiger partial charge in [0, 0.05) is 19.6 Å². The van der Waals surface area contributed by atoms with Crippen LogP contribution in [0, 0.1) is 5.92 Å². The molecule has 0 radical (unpaired) electrons. The fraction of sp³-hybridized carbons (Fsp3) is 0.778. The van der Waals surface area contributed by atoms with Gasteiger partial charge in [0.05, 0.1) is 6.26 Å². The van der Waals surface area contributed by atoms with Gasteiger partial charge in [-0.3, -0.25) is 9.59 Å². The summed E-state index contributed by atoms with van der Waals surface area (Å²) in [5, 5.41) is 2.42. The first kappa shape index (κ1) is 13.9. The number of nitrogens with two attached hydrogens (primary N) is 1. The second kappa shape index (κ2) is 5.46. The summed E-state index contributed by atoms with van der Waals surface area (Å²) < 4.78 is 23.9. The summed E-state index contributed by atoms with van der Waals surface area (Å²) in [7, 11) is -3.12. The molecule has 0 saturated carbocycles. The molecule has 7 nitrogen and oxygen atoms in total. The zero-order valence-electron chi connectivity index (χ0n) is 9.68. The fourth-order valence-corrected chi connectivity index (χ4v) is 2.64. The number of amides is 2. The molecule has 0 unspecified atom stereocenters. The highest BCUT2D eigenvalue weighted by atomic mass is 32.2. The lowest BCUT2D eigenvalue weighted by molar-refractivity contribution is -0.137. The highest BCUT2D eigenvalue weighted by Gasteiger charge is 2.25. The van der Waals surface area contributed by atoms with E-state index < -0.39 is 21.8 Å². The molecule has 0 aromatic heterocycles. The Labute approximate surface area is 100 Å². The third-order valence-electron chi connectivity index (χ3n) is 2.82. The molecule has 0 spiro atoms. The number of primary amides is 1. The topological polar surface area (TPSA) is 110 Å². The van der Waals surface area contributed by atoms with Gasteiger partial charge < -0.3 is 11.1 Å². The van der Waals surface area contributed by atoms with Crippen molar-refractivity contribution in [3.05, 3.63) is 0 Å². The predicted molar refractivity (Wildman–Crippen MR) is 61.3 cm³/mol. The van der Waals surface area contributed by atoms with Gasteiger partial charge in [-0.15, -0.1) is 0 Å². The van der Waals surface area contributed by atoms with Gasteiger partial charge in [-0.2, -0.15) is 0 Å². The number of sulfonamides is 1. The Hall–Kier alpha value is -1.15. The van der Waals surface area contributed by atoms with Gasteiger partial charge in [0.2, 0.25) is 10.0 Å². The second-order valence-electron chi connectivity index (χ2n) is 4.18. The molecule has 17 heavy (non-hydrogen) atoms. The minimum Gasteiger partial charge on any atom is -0.361 e. The van der Waals surface area contributed by atoms with Crippen LogP contribution in [0.3, 0.4) is 0 Å². The van der Waals surface area contributed by atoms with Crippen LogP contribution in [0.2, 0.25) is 0 Å². The van der Waals surface area contributed by atoms with E-state index in [4.69, 9.17) is 5.73 Å². The Kier molecular flexibility index (Phi) is 4.47. The lowest BCUT2D eigenvalue weighted by Gasteiger charge is -2.30. The van der Waals surface area contributed by atoms with Gasteiger partial charge in [0.15, 0.2) is 0 Å². The summed E-state index contributed by atoms with van der Waals surface area (Å²) in [6.45, 7) is 1.27. The summed E-state index contributed by atoms with van der Waals surface area (Å²) in [4.78, 5) is 21.4. The minimum atomic E-state index is -3.12. The lowest BCUT2D eigenvalue weighted by Crippen LogP contribution is -2.43. The van der Waals surface area contributed by atoms with E-state index in [1.54, 1.807) is 0 Å². The zero-order valence-corrected chi connectivity index (χ0v) is 10.5. The molecule has 1 heterocycles. The first-order valence-corrected chi connectivity index (χ1v) is 7.18. The molecule has 3 N–H and O–H groups in total. The Bertz CT molecular complexity index is 398. The Morgan fingerprint density at radius 2 is 1.88 bits per heavy atom. The maximum absolute atomic E-state index is 11.2. The maximum Gasteiger partial charge on any atom is 0.309 e. The number of carbonyl (C=O) groups is 2. The number of nitrogens with one attached hydrogen (secondary N) is 1. The van der Waals surface area contributed by atoms with E-state index in [1.165, 1.54) is 10.6 Å². The van der Waals surface area contributed by atoms with Crippen LogP contribution in [0.15, 0.2) is 0 Å². The van der Waals surface area contributed by atoms with E-state index in [9.17, 15) is 18.0 Å². The Morgan fingerprint density at radius 1 is 1.35 bits per heavy atom. The van der Waals surface area contributed by atoms with Crippen LogP contribution in [0.5, 0.6) is 0 Å². The van der Waals surface area contributed by atoms with Crippen molar-refractivity contribution in [1.82, 2.24) is 9.62 Å². The average Bonchev–Trinajstić information content (AvgIpc) is 2.25. The SMILES string of the molecule is CS(=O)(=O)N1CCC(CNC(=O)C(N)=O)CC1. The number of hydrogen-bond donors (Lipinski definition) is 2. The molecular weight excluding hydrogens is 246 g/mol. The first-order chi connectivity index (χ1) is 7.80. The molecule has 0 aromatic rings. The summed E-state index contributed by atoms with van der Waals surface area (Å²) >= 11 is 0. The van der Waals surface area contributed by atoms with E-state index in [-0.39, 0.29) is 5.92 Å². The standard InChI is InChI=1S/C9H17N3O4S/c1-17(15,16)12-4-2-7(3-5-12)6-11-9(14)8(10)13/h7H,2-6H2,1H3,(H2,10,13)(H,11,14). The van der Waals surface area contributed by atoms with Crippen molar-refractivity contribution in [1.29, 1.82) is 0 Å². The van der Waals surface area contributed by atoms with Gasteiger partial charge in [0.25, 0.3) is 0 Å². The van der Waals surface area contributed by atoms with Crippen molar-refractivity contribution in [2.45, 2.75) is 12.8 Å². The molecule has 0 atom stereocenters. The molecule has 0 aromatic carbocycles. The quantitative estimate of drug-likeness (QED) is 0.589. The van der Waals surface area contributed by atoms with Crippen LogP contribution >= 0.6 is 0 Å².